The van der Waals surface area contributed by atoms with Crippen molar-refractivity contribution < 1.29 is 28.7 Å². The molecule has 0 saturated carbocycles. The van der Waals surface area contributed by atoms with Crippen LogP contribution in [0.15, 0.2) is 77.7 Å². The van der Waals surface area contributed by atoms with Gasteiger partial charge in [-0.25, -0.2) is 9.69 Å². The van der Waals surface area contributed by atoms with Crippen molar-refractivity contribution in [1.29, 1.82) is 0 Å². The number of thioether (sulfide) groups is 1. The van der Waals surface area contributed by atoms with Gasteiger partial charge >= 0.3 is 5.97 Å². The Labute approximate surface area is 212 Å². The number of hydrogen-bond donors (Lipinski definition) is 1. The molecule has 0 radical (unpaired) electrons. The maximum atomic E-state index is 12.9. The van der Waals surface area contributed by atoms with Gasteiger partial charge in [0.2, 0.25) is 11.8 Å². The van der Waals surface area contributed by atoms with Crippen molar-refractivity contribution in [2.45, 2.75) is 23.5 Å². The van der Waals surface area contributed by atoms with Gasteiger partial charge in [-0.1, -0.05) is 0 Å². The van der Waals surface area contributed by atoms with E-state index in [1.165, 1.54) is 36.0 Å². The molecular weight excluding hydrogens is 480 g/mol. The molecular formula is C27H24N2O6S. The molecule has 9 heteroatoms. The second kappa shape index (κ2) is 11.1. The van der Waals surface area contributed by atoms with Gasteiger partial charge in [0.15, 0.2) is 12.4 Å². The van der Waals surface area contributed by atoms with Crippen LogP contribution < -0.4 is 15.4 Å². The Kier molecular flexibility index (Phi) is 7.70. The maximum absolute atomic E-state index is 12.9. The second-order valence-electron chi connectivity index (χ2n) is 7.95. The number of esters is 1. The Hall–Kier alpha value is -4.11. The van der Waals surface area contributed by atoms with E-state index >= 15 is 0 Å². The van der Waals surface area contributed by atoms with Gasteiger partial charge in [0.05, 0.1) is 23.1 Å². The molecule has 0 aliphatic carbocycles. The zero-order valence-electron chi connectivity index (χ0n) is 19.5. The summed E-state index contributed by atoms with van der Waals surface area (Å²) >= 11 is 1.31. The number of anilines is 2. The number of carbonyl (C=O) groups is 4. The fraction of sp³-hybridized carbons (Fsp3) is 0.185. The predicted octanol–water partition coefficient (Wildman–Crippen LogP) is 4.13. The van der Waals surface area contributed by atoms with Crippen molar-refractivity contribution in [3.63, 3.8) is 0 Å². The number of ketones is 1. The minimum atomic E-state index is -0.684. The standard InChI is InChI=1S/C27H24N2O6S/c1-2-34-21-11-5-17(6-12-21)23(30)16-35-27(33)18-3-9-20(10-4-18)29-25(31)15-24(26(29)32)36-22-13-7-19(28)8-14-22/h3-14,24H,2,15-16,28H2,1H3. The van der Waals surface area contributed by atoms with E-state index in [0.29, 0.717) is 29.3 Å². The van der Waals surface area contributed by atoms with Crippen LogP contribution in [0.5, 0.6) is 5.75 Å². The normalized spacial score (nSPS) is 15.1. The average Bonchev–Trinajstić information content (AvgIpc) is 3.16. The number of carbonyl (C=O) groups excluding carboxylic acids is 4. The molecule has 1 saturated heterocycles. The Morgan fingerprint density at radius 1 is 0.944 bits per heavy atom. The van der Waals surface area contributed by atoms with E-state index in [1.54, 1.807) is 36.4 Å². The topological polar surface area (TPSA) is 116 Å². The molecule has 2 amide bonds. The number of nitrogen functional groups attached to an aromatic ring is 1. The molecule has 1 unspecified atom stereocenters. The number of rotatable bonds is 9. The Morgan fingerprint density at radius 2 is 1.58 bits per heavy atom. The first-order valence-electron chi connectivity index (χ1n) is 11.3. The van der Waals surface area contributed by atoms with Crippen LogP contribution in [0.1, 0.15) is 34.1 Å². The SMILES string of the molecule is CCOc1ccc(C(=O)COC(=O)c2ccc(N3C(=O)CC(Sc4ccc(N)cc4)C3=O)cc2)cc1. The molecule has 36 heavy (non-hydrogen) atoms. The summed E-state index contributed by atoms with van der Waals surface area (Å²) in [5.74, 6) is -1.02. The third-order valence-electron chi connectivity index (χ3n) is 5.45. The molecule has 1 atom stereocenters. The average molecular weight is 505 g/mol. The molecule has 0 spiro atoms. The largest absolute Gasteiger partial charge is 0.494 e. The summed E-state index contributed by atoms with van der Waals surface area (Å²) in [6, 6.07) is 19.6. The van der Waals surface area contributed by atoms with Crippen LogP contribution in [0, 0.1) is 0 Å². The number of nitrogens with zero attached hydrogens (tertiary/aromatic N) is 1. The highest BCUT2D eigenvalue weighted by molar-refractivity contribution is 8.00. The third-order valence-corrected chi connectivity index (χ3v) is 6.64. The first kappa shape index (κ1) is 25.0. The van der Waals surface area contributed by atoms with Crippen molar-refractivity contribution in [3.05, 3.63) is 83.9 Å². The fourth-order valence-corrected chi connectivity index (χ4v) is 4.68. The third kappa shape index (κ3) is 5.75. The molecule has 3 aromatic carbocycles. The number of Topliss-reactive ketones (excluding diaryl/α,β-unsaturated/α-hetero) is 1. The Bertz CT molecular complexity index is 1270. The molecule has 1 heterocycles. The van der Waals surface area contributed by atoms with Crippen molar-refractivity contribution >= 4 is 46.7 Å². The number of nitrogens with two attached hydrogens (primary N) is 1. The lowest BCUT2D eigenvalue weighted by atomic mass is 10.1. The van der Waals surface area contributed by atoms with Crippen LogP contribution in [0.2, 0.25) is 0 Å². The van der Waals surface area contributed by atoms with Crippen molar-refractivity contribution in [3.8, 4) is 5.75 Å². The van der Waals surface area contributed by atoms with E-state index in [2.05, 4.69) is 0 Å². The number of imide groups is 1. The summed E-state index contributed by atoms with van der Waals surface area (Å²) in [6.45, 7) is 1.97. The van der Waals surface area contributed by atoms with Gasteiger partial charge in [-0.05, 0) is 79.7 Å². The van der Waals surface area contributed by atoms with E-state index in [9.17, 15) is 19.2 Å². The van der Waals surface area contributed by atoms with Gasteiger partial charge in [0.25, 0.3) is 0 Å². The zero-order valence-corrected chi connectivity index (χ0v) is 20.3. The summed E-state index contributed by atoms with van der Waals surface area (Å²) in [6.07, 6.45) is 0.0747. The van der Waals surface area contributed by atoms with E-state index < -0.39 is 17.8 Å². The van der Waals surface area contributed by atoms with E-state index in [-0.39, 0.29) is 29.6 Å². The number of ether oxygens (including phenoxy) is 2. The highest BCUT2D eigenvalue weighted by Gasteiger charge is 2.40. The first-order valence-corrected chi connectivity index (χ1v) is 12.2. The van der Waals surface area contributed by atoms with Gasteiger partial charge in [-0.2, -0.15) is 0 Å². The summed E-state index contributed by atoms with van der Waals surface area (Å²) in [5.41, 5.74) is 7.29. The summed E-state index contributed by atoms with van der Waals surface area (Å²) in [7, 11) is 0. The molecule has 0 aromatic heterocycles. The molecule has 1 aliphatic rings. The molecule has 1 aliphatic heterocycles. The van der Waals surface area contributed by atoms with Gasteiger partial charge in [0, 0.05) is 22.6 Å². The minimum Gasteiger partial charge on any atom is -0.494 e. The number of amides is 2. The highest BCUT2D eigenvalue weighted by atomic mass is 32.2. The fourth-order valence-electron chi connectivity index (χ4n) is 3.63. The molecule has 0 bridgehead atoms. The maximum Gasteiger partial charge on any atom is 0.338 e. The van der Waals surface area contributed by atoms with Crippen LogP contribution >= 0.6 is 11.8 Å². The van der Waals surface area contributed by atoms with Crippen LogP contribution in [-0.2, 0) is 14.3 Å². The molecule has 1 fully saturated rings. The van der Waals surface area contributed by atoms with Crippen molar-refractivity contribution in [2.24, 2.45) is 0 Å². The smallest absolute Gasteiger partial charge is 0.338 e. The van der Waals surface area contributed by atoms with Gasteiger partial charge in [-0.15, -0.1) is 11.8 Å². The lowest BCUT2D eigenvalue weighted by Gasteiger charge is -2.15. The van der Waals surface area contributed by atoms with Crippen molar-refractivity contribution in [1.82, 2.24) is 0 Å². The lowest BCUT2D eigenvalue weighted by molar-refractivity contribution is -0.121. The number of benzene rings is 3. The minimum absolute atomic E-state index is 0.0747. The van der Waals surface area contributed by atoms with E-state index in [1.807, 2.05) is 19.1 Å². The van der Waals surface area contributed by atoms with Crippen molar-refractivity contribution in [2.75, 3.05) is 23.8 Å². The molecule has 2 N–H and O–H groups in total. The van der Waals surface area contributed by atoms with E-state index in [4.69, 9.17) is 15.2 Å². The quantitative estimate of drug-likeness (QED) is 0.200. The van der Waals surface area contributed by atoms with Crippen LogP contribution in [0.3, 0.4) is 0 Å². The second-order valence-corrected chi connectivity index (χ2v) is 9.23. The van der Waals surface area contributed by atoms with Gasteiger partial charge in [-0.3, -0.25) is 14.4 Å². The van der Waals surface area contributed by atoms with Gasteiger partial charge < -0.3 is 15.2 Å². The summed E-state index contributed by atoms with van der Waals surface area (Å²) in [4.78, 5) is 52.2. The van der Waals surface area contributed by atoms with Gasteiger partial charge in [0.1, 0.15) is 5.75 Å². The first-order chi connectivity index (χ1) is 17.4. The summed E-state index contributed by atoms with van der Waals surface area (Å²) < 4.78 is 10.5. The molecule has 4 rings (SSSR count). The van der Waals surface area contributed by atoms with Crippen LogP contribution in [0.25, 0.3) is 0 Å². The molecule has 8 nitrogen and oxygen atoms in total. The highest BCUT2D eigenvalue weighted by Crippen LogP contribution is 2.34. The van der Waals surface area contributed by atoms with E-state index in [0.717, 1.165) is 9.80 Å². The Balaban J connectivity index is 1.34. The zero-order chi connectivity index (χ0) is 25.7. The molecule has 184 valence electrons. The lowest BCUT2D eigenvalue weighted by Crippen LogP contribution is -2.31. The Morgan fingerprint density at radius 3 is 2.22 bits per heavy atom. The number of hydrogen-bond acceptors (Lipinski definition) is 8. The van der Waals surface area contributed by atoms with Crippen LogP contribution in [-0.4, -0.2) is 42.0 Å². The molecule has 3 aromatic rings. The summed E-state index contributed by atoms with van der Waals surface area (Å²) in [5, 5.41) is -0.542. The monoisotopic (exact) mass is 504 g/mol. The van der Waals surface area contributed by atoms with Crippen LogP contribution in [0.4, 0.5) is 11.4 Å². The predicted molar refractivity (Wildman–Crippen MR) is 136 cm³/mol.